The lowest BCUT2D eigenvalue weighted by Gasteiger charge is -2.40. The number of amidine groups is 1. The summed E-state index contributed by atoms with van der Waals surface area (Å²) in [5.41, 5.74) is 5.68. The summed E-state index contributed by atoms with van der Waals surface area (Å²) in [5.74, 6) is -0.133. The Morgan fingerprint density at radius 1 is 1.43 bits per heavy atom. The van der Waals surface area contributed by atoms with E-state index in [9.17, 15) is 4.79 Å². The molecule has 1 aromatic carbocycles. The van der Waals surface area contributed by atoms with E-state index in [4.69, 9.17) is 10.9 Å². The maximum atomic E-state index is 12.5. The Morgan fingerprint density at radius 2 is 2.05 bits per heavy atom. The minimum Gasteiger partial charge on any atom is -0.409 e. The molecule has 0 atom stereocenters. The van der Waals surface area contributed by atoms with Gasteiger partial charge in [-0.2, -0.15) is 0 Å². The van der Waals surface area contributed by atoms with E-state index in [1.807, 2.05) is 25.2 Å². The van der Waals surface area contributed by atoms with Gasteiger partial charge in [0.1, 0.15) is 5.54 Å². The van der Waals surface area contributed by atoms with E-state index < -0.39 is 5.54 Å². The first-order chi connectivity index (χ1) is 9.98. The zero-order chi connectivity index (χ0) is 15.5. The topological polar surface area (TPSA) is 91.0 Å². The molecule has 114 valence electrons. The molecule has 1 saturated heterocycles. The van der Waals surface area contributed by atoms with Gasteiger partial charge in [0.25, 0.3) is 5.91 Å². The van der Waals surface area contributed by atoms with Crippen LogP contribution in [0, 0.1) is 3.57 Å². The highest BCUT2D eigenvalue weighted by molar-refractivity contribution is 14.1. The van der Waals surface area contributed by atoms with Crippen molar-refractivity contribution in [1.82, 2.24) is 10.2 Å². The van der Waals surface area contributed by atoms with Gasteiger partial charge in [0.2, 0.25) is 0 Å². The molecule has 4 N–H and O–H groups in total. The van der Waals surface area contributed by atoms with Gasteiger partial charge in [-0.1, -0.05) is 17.3 Å². The molecular formula is C14H19IN4O2. The molecule has 6 nitrogen and oxygen atoms in total. The average molecular weight is 402 g/mol. The van der Waals surface area contributed by atoms with Crippen molar-refractivity contribution in [2.75, 3.05) is 20.1 Å². The summed E-state index contributed by atoms with van der Waals surface area (Å²) < 4.78 is 0.871. The maximum absolute atomic E-state index is 12.5. The average Bonchev–Trinajstić information content (AvgIpc) is 2.49. The standard InChI is InChI=1S/C14H19IN4O2/c1-19-8-6-14(7-9-19,13(16)18-21)17-12(20)10-4-2-3-5-11(10)15/h2-5,21H,6-9H2,1H3,(H2,16,18)(H,17,20). The molecule has 0 saturated carbocycles. The number of halogens is 1. The summed E-state index contributed by atoms with van der Waals surface area (Å²) in [6.07, 6.45) is 1.24. The molecule has 0 radical (unpaired) electrons. The van der Waals surface area contributed by atoms with Gasteiger partial charge in [-0.25, -0.2) is 0 Å². The predicted molar refractivity (Wildman–Crippen MR) is 89.5 cm³/mol. The second-order valence-corrected chi connectivity index (χ2v) is 6.47. The van der Waals surface area contributed by atoms with Crippen molar-refractivity contribution in [3.8, 4) is 0 Å². The molecule has 1 aromatic rings. The van der Waals surface area contributed by atoms with Crippen molar-refractivity contribution in [2.45, 2.75) is 18.4 Å². The van der Waals surface area contributed by atoms with Crippen LogP contribution in [0.4, 0.5) is 0 Å². The van der Waals surface area contributed by atoms with Gasteiger partial charge in [0.05, 0.1) is 5.56 Å². The monoisotopic (exact) mass is 402 g/mol. The number of hydrogen-bond donors (Lipinski definition) is 3. The number of piperidine rings is 1. The molecule has 7 heteroatoms. The molecule has 1 aliphatic rings. The molecule has 1 aliphatic heterocycles. The first kappa shape index (κ1) is 16.0. The number of likely N-dealkylation sites (tertiary alicyclic amines) is 1. The fourth-order valence-corrected chi connectivity index (χ4v) is 3.10. The van der Waals surface area contributed by atoms with Gasteiger partial charge in [-0.3, -0.25) is 4.79 Å². The van der Waals surface area contributed by atoms with Gasteiger partial charge >= 0.3 is 0 Å². The normalized spacial score (nSPS) is 19.2. The Hall–Kier alpha value is -1.35. The van der Waals surface area contributed by atoms with Crippen LogP contribution in [0.15, 0.2) is 29.4 Å². The number of rotatable bonds is 3. The van der Waals surface area contributed by atoms with Crippen molar-refractivity contribution in [3.05, 3.63) is 33.4 Å². The van der Waals surface area contributed by atoms with Gasteiger partial charge < -0.3 is 21.2 Å². The van der Waals surface area contributed by atoms with Crippen LogP contribution < -0.4 is 11.1 Å². The number of nitrogens with one attached hydrogen (secondary N) is 1. The van der Waals surface area contributed by atoms with Gasteiger partial charge in [0.15, 0.2) is 5.84 Å². The van der Waals surface area contributed by atoms with Crippen molar-refractivity contribution >= 4 is 34.3 Å². The van der Waals surface area contributed by atoms with Crippen molar-refractivity contribution in [2.24, 2.45) is 10.9 Å². The smallest absolute Gasteiger partial charge is 0.253 e. The van der Waals surface area contributed by atoms with E-state index in [2.05, 4.69) is 38.0 Å². The van der Waals surface area contributed by atoms with Crippen LogP contribution in [0.2, 0.25) is 0 Å². The van der Waals surface area contributed by atoms with E-state index in [1.165, 1.54) is 0 Å². The predicted octanol–water partition coefficient (Wildman–Crippen LogP) is 1.23. The van der Waals surface area contributed by atoms with Crippen LogP contribution >= 0.6 is 22.6 Å². The number of carbonyl (C=O) groups is 1. The number of nitrogens with zero attached hydrogens (tertiary/aromatic N) is 2. The zero-order valence-corrected chi connectivity index (χ0v) is 14.0. The van der Waals surface area contributed by atoms with E-state index in [-0.39, 0.29) is 11.7 Å². The number of amides is 1. The molecule has 0 bridgehead atoms. The van der Waals surface area contributed by atoms with Gasteiger partial charge in [0, 0.05) is 16.7 Å². The number of benzene rings is 1. The number of oxime groups is 1. The molecule has 2 rings (SSSR count). The lowest BCUT2D eigenvalue weighted by molar-refractivity contribution is 0.0885. The molecular weight excluding hydrogens is 383 g/mol. The molecule has 1 heterocycles. The lowest BCUT2D eigenvalue weighted by atomic mass is 9.86. The van der Waals surface area contributed by atoms with Crippen LogP contribution in [0.5, 0.6) is 0 Å². The largest absolute Gasteiger partial charge is 0.409 e. The third-order valence-electron chi connectivity index (χ3n) is 3.91. The Kier molecular flexibility index (Phi) is 5.04. The molecule has 0 spiro atoms. The third-order valence-corrected chi connectivity index (χ3v) is 4.85. The summed E-state index contributed by atoms with van der Waals surface area (Å²) in [4.78, 5) is 14.7. The van der Waals surface area contributed by atoms with Gasteiger partial charge in [-0.05, 0) is 54.6 Å². The fourth-order valence-electron chi connectivity index (χ4n) is 2.47. The Morgan fingerprint density at radius 3 is 2.62 bits per heavy atom. The number of hydrogen-bond acceptors (Lipinski definition) is 4. The van der Waals surface area contributed by atoms with Crippen molar-refractivity contribution < 1.29 is 10.0 Å². The summed E-state index contributed by atoms with van der Waals surface area (Å²) in [6.45, 7) is 1.56. The second kappa shape index (κ2) is 6.61. The van der Waals surface area contributed by atoms with E-state index in [0.717, 1.165) is 16.7 Å². The summed E-state index contributed by atoms with van der Waals surface area (Å²) in [6, 6.07) is 7.35. The quantitative estimate of drug-likeness (QED) is 0.233. The van der Waals surface area contributed by atoms with Crippen LogP contribution in [0.3, 0.4) is 0 Å². The lowest BCUT2D eigenvalue weighted by Crippen LogP contribution is -2.62. The summed E-state index contributed by atoms with van der Waals surface area (Å²) >= 11 is 2.12. The Balaban J connectivity index is 2.24. The number of carbonyl (C=O) groups excluding carboxylic acids is 1. The first-order valence-electron chi connectivity index (χ1n) is 6.72. The van der Waals surface area contributed by atoms with E-state index in [0.29, 0.717) is 18.4 Å². The van der Waals surface area contributed by atoms with Crippen LogP contribution in [0.1, 0.15) is 23.2 Å². The van der Waals surface area contributed by atoms with Crippen molar-refractivity contribution in [1.29, 1.82) is 0 Å². The fraction of sp³-hybridized carbons (Fsp3) is 0.429. The molecule has 0 unspecified atom stereocenters. The highest BCUT2D eigenvalue weighted by Gasteiger charge is 2.39. The van der Waals surface area contributed by atoms with Crippen LogP contribution in [-0.2, 0) is 0 Å². The SMILES string of the molecule is CN1CCC(NC(=O)c2ccccc2I)(/C(N)=N/O)CC1. The summed E-state index contributed by atoms with van der Waals surface area (Å²) in [5, 5.41) is 15.2. The minimum absolute atomic E-state index is 0.0647. The molecule has 1 amide bonds. The van der Waals surface area contributed by atoms with E-state index >= 15 is 0 Å². The molecule has 21 heavy (non-hydrogen) atoms. The summed E-state index contributed by atoms with van der Waals surface area (Å²) in [7, 11) is 2.01. The Labute approximate surface area is 137 Å². The van der Waals surface area contributed by atoms with Crippen LogP contribution in [0.25, 0.3) is 0 Å². The zero-order valence-electron chi connectivity index (χ0n) is 11.8. The molecule has 0 aliphatic carbocycles. The molecule has 1 fully saturated rings. The minimum atomic E-state index is -0.780. The maximum Gasteiger partial charge on any atom is 0.253 e. The molecule has 0 aromatic heterocycles. The van der Waals surface area contributed by atoms with Crippen molar-refractivity contribution in [3.63, 3.8) is 0 Å². The highest BCUT2D eigenvalue weighted by atomic mass is 127. The second-order valence-electron chi connectivity index (χ2n) is 5.30. The van der Waals surface area contributed by atoms with Crippen LogP contribution in [-0.4, -0.2) is 47.5 Å². The number of nitrogens with two attached hydrogens (primary N) is 1. The first-order valence-corrected chi connectivity index (χ1v) is 7.80. The van der Waals surface area contributed by atoms with Gasteiger partial charge in [-0.15, -0.1) is 0 Å². The Bertz CT molecular complexity index is 554. The highest BCUT2D eigenvalue weighted by Crippen LogP contribution is 2.23. The van der Waals surface area contributed by atoms with E-state index in [1.54, 1.807) is 6.07 Å². The third kappa shape index (κ3) is 3.46.